The van der Waals surface area contributed by atoms with E-state index in [9.17, 15) is 0 Å². The molecule has 0 bridgehead atoms. The molecule has 0 aliphatic rings. The number of hydrogen-bond acceptors (Lipinski definition) is 5. The zero-order chi connectivity index (χ0) is 14.5. The molecule has 3 N–H and O–H groups in total. The smallest absolute Gasteiger partial charge is 0.239 e. The van der Waals surface area contributed by atoms with E-state index in [1.807, 2.05) is 26.8 Å². The van der Waals surface area contributed by atoms with Crippen LogP contribution in [0.2, 0.25) is 0 Å². The quantitative estimate of drug-likeness (QED) is 0.829. The van der Waals surface area contributed by atoms with Crippen LogP contribution in [0.5, 0.6) is 5.88 Å². The maximum Gasteiger partial charge on any atom is 0.239 e. The van der Waals surface area contributed by atoms with Crippen molar-refractivity contribution in [2.24, 2.45) is 5.92 Å². The summed E-state index contributed by atoms with van der Waals surface area (Å²) in [7, 11) is 1.70. The molecule has 5 nitrogen and oxygen atoms in total. The topological polar surface area (TPSA) is 69.4 Å². The van der Waals surface area contributed by atoms with E-state index >= 15 is 0 Å². The number of hydrogen-bond donors (Lipinski definition) is 2. The molecule has 0 fully saturated rings. The highest BCUT2D eigenvalue weighted by Crippen LogP contribution is 2.24. The zero-order valence-electron chi connectivity index (χ0n) is 12.5. The number of anilines is 2. The predicted molar refractivity (Wildman–Crippen MR) is 78.6 cm³/mol. The van der Waals surface area contributed by atoms with E-state index in [1.54, 1.807) is 13.2 Å². The number of nitrogens with zero attached hydrogens (tertiary/aromatic N) is 1. The Morgan fingerprint density at radius 2 is 2.05 bits per heavy atom. The first-order valence-corrected chi connectivity index (χ1v) is 6.50. The summed E-state index contributed by atoms with van der Waals surface area (Å²) in [5.74, 6) is 1.64. The maximum atomic E-state index is 5.87. The van der Waals surface area contributed by atoms with Gasteiger partial charge in [0.05, 0.1) is 12.3 Å². The first kappa shape index (κ1) is 15.6. The minimum Gasteiger partial charge on any atom is -0.470 e. The fourth-order valence-electron chi connectivity index (χ4n) is 1.54. The van der Waals surface area contributed by atoms with Crippen molar-refractivity contribution in [2.45, 2.75) is 33.3 Å². The number of nitrogens with two attached hydrogens (primary N) is 1. The van der Waals surface area contributed by atoms with Crippen molar-refractivity contribution in [3.8, 4) is 5.88 Å². The number of aromatic nitrogens is 1. The number of ether oxygens (including phenoxy) is 2. The van der Waals surface area contributed by atoms with Gasteiger partial charge in [-0.1, -0.05) is 6.92 Å². The fourth-order valence-corrected chi connectivity index (χ4v) is 1.54. The average molecular weight is 267 g/mol. The van der Waals surface area contributed by atoms with Gasteiger partial charge in [-0.2, -0.15) is 4.98 Å². The zero-order valence-corrected chi connectivity index (χ0v) is 12.5. The molecule has 0 spiro atoms. The molecule has 1 atom stereocenters. The minimum absolute atomic E-state index is 0.316. The number of pyridine rings is 1. The van der Waals surface area contributed by atoms with Crippen molar-refractivity contribution < 1.29 is 9.47 Å². The van der Waals surface area contributed by atoms with Crippen molar-refractivity contribution >= 4 is 11.5 Å². The number of rotatable bonds is 6. The molecule has 0 radical (unpaired) electrons. The molecular weight excluding hydrogens is 242 g/mol. The largest absolute Gasteiger partial charge is 0.470 e. The molecule has 19 heavy (non-hydrogen) atoms. The number of nitrogens with one attached hydrogen (secondary N) is 1. The highest BCUT2D eigenvalue weighted by Gasteiger charge is 2.15. The maximum absolute atomic E-state index is 5.87. The van der Waals surface area contributed by atoms with Crippen molar-refractivity contribution in [3.63, 3.8) is 0 Å². The molecule has 0 aromatic carbocycles. The van der Waals surface area contributed by atoms with Gasteiger partial charge in [-0.3, -0.25) is 0 Å². The summed E-state index contributed by atoms with van der Waals surface area (Å²) in [5, 5.41) is 3.26. The second kappa shape index (κ2) is 6.61. The summed E-state index contributed by atoms with van der Waals surface area (Å²) in [6, 6.07) is 3.65. The highest BCUT2D eigenvalue weighted by molar-refractivity contribution is 5.53. The van der Waals surface area contributed by atoms with E-state index in [0.717, 1.165) is 12.4 Å². The SMILES string of the molecule is COCC(C)CNc1ccc(N)c(OC(C)(C)C)n1. The van der Waals surface area contributed by atoms with Gasteiger partial charge in [-0.25, -0.2) is 0 Å². The molecule has 1 aromatic rings. The van der Waals surface area contributed by atoms with Crippen LogP contribution in [0.3, 0.4) is 0 Å². The lowest BCUT2D eigenvalue weighted by Gasteiger charge is -2.22. The van der Waals surface area contributed by atoms with Gasteiger partial charge in [-0.05, 0) is 38.8 Å². The molecule has 0 aliphatic carbocycles. The molecule has 5 heteroatoms. The van der Waals surface area contributed by atoms with Gasteiger partial charge in [0.2, 0.25) is 5.88 Å². The third kappa shape index (κ3) is 5.79. The van der Waals surface area contributed by atoms with Gasteiger partial charge in [0, 0.05) is 13.7 Å². The standard InChI is InChI=1S/C14H25N3O2/c1-10(9-18-5)8-16-12-7-6-11(15)13(17-12)19-14(2,3)4/h6-7,10H,8-9,15H2,1-5H3,(H,16,17). The van der Waals surface area contributed by atoms with Gasteiger partial charge < -0.3 is 20.5 Å². The fraction of sp³-hybridized carbons (Fsp3) is 0.643. The van der Waals surface area contributed by atoms with Crippen LogP contribution in [0.1, 0.15) is 27.7 Å². The summed E-state index contributed by atoms with van der Waals surface area (Å²) >= 11 is 0. The lowest BCUT2D eigenvalue weighted by atomic mass is 10.2. The third-order valence-electron chi connectivity index (χ3n) is 2.38. The van der Waals surface area contributed by atoms with Gasteiger partial charge in [-0.15, -0.1) is 0 Å². The Hall–Kier alpha value is -1.49. The predicted octanol–water partition coefficient (Wildman–Crippen LogP) is 2.54. The van der Waals surface area contributed by atoms with Gasteiger partial charge in [0.15, 0.2) is 0 Å². The van der Waals surface area contributed by atoms with E-state index in [2.05, 4.69) is 17.2 Å². The van der Waals surface area contributed by atoms with E-state index in [4.69, 9.17) is 15.2 Å². The van der Waals surface area contributed by atoms with Gasteiger partial charge in [0.1, 0.15) is 11.4 Å². The first-order valence-electron chi connectivity index (χ1n) is 6.50. The second-order valence-electron chi connectivity index (χ2n) is 5.75. The molecule has 1 heterocycles. The molecule has 1 aromatic heterocycles. The summed E-state index contributed by atoms with van der Waals surface area (Å²) < 4.78 is 10.8. The molecule has 108 valence electrons. The molecule has 0 amide bonds. The molecule has 0 saturated heterocycles. The van der Waals surface area contributed by atoms with Crippen molar-refractivity contribution in [1.29, 1.82) is 0 Å². The summed E-state index contributed by atoms with van der Waals surface area (Å²) in [4.78, 5) is 4.39. The van der Waals surface area contributed by atoms with Crippen LogP contribution in [0.25, 0.3) is 0 Å². The molecule has 0 aliphatic heterocycles. The Bertz CT molecular complexity index is 402. The minimum atomic E-state index is -0.316. The third-order valence-corrected chi connectivity index (χ3v) is 2.38. The van der Waals surface area contributed by atoms with Gasteiger partial charge in [0.25, 0.3) is 0 Å². The summed E-state index contributed by atoms with van der Waals surface area (Å²) in [6.45, 7) is 9.52. The van der Waals surface area contributed by atoms with Crippen molar-refractivity contribution in [2.75, 3.05) is 31.3 Å². The van der Waals surface area contributed by atoms with Crippen LogP contribution in [0, 0.1) is 5.92 Å². The molecule has 1 unspecified atom stereocenters. The lowest BCUT2D eigenvalue weighted by Crippen LogP contribution is -2.24. The highest BCUT2D eigenvalue weighted by atomic mass is 16.5. The van der Waals surface area contributed by atoms with Crippen molar-refractivity contribution in [3.05, 3.63) is 12.1 Å². The normalized spacial score (nSPS) is 13.1. The van der Waals surface area contributed by atoms with E-state index < -0.39 is 0 Å². The van der Waals surface area contributed by atoms with Crippen LogP contribution in [-0.4, -0.2) is 30.8 Å². The summed E-state index contributed by atoms with van der Waals surface area (Å²) in [6.07, 6.45) is 0. The van der Waals surface area contributed by atoms with Crippen LogP contribution in [0.15, 0.2) is 12.1 Å². The molecule has 1 rings (SSSR count). The summed E-state index contributed by atoms with van der Waals surface area (Å²) in [5.41, 5.74) is 6.10. The first-order chi connectivity index (χ1) is 8.81. The Morgan fingerprint density at radius 1 is 1.37 bits per heavy atom. The van der Waals surface area contributed by atoms with E-state index in [0.29, 0.717) is 24.1 Å². The van der Waals surface area contributed by atoms with Crippen LogP contribution in [-0.2, 0) is 4.74 Å². The Kier molecular flexibility index (Phi) is 5.42. The van der Waals surface area contributed by atoms with Crippen LogP contribution >= 0.6 is 0 Å². The lowest BCUT2D eigenvalue weighted by molar-refractivity contribution is 0.125. The van der Waals surface area contributed by atoms with Crippen LogP contribution < -0.4 is 15.8 Å². The Morgan fingerprint density at radius 3 is 2.63 bits per heavy atom. The Labute approximate surface area is 115 Å². The second-order valence-corrected chi connectivity index (χ2v) is 5.75. The van der Waals surface area contributed by atoms with Crippen LogP contribution in [0.4, 0.5) is 11.5 Å². The van der Waals surface area contributed by atoms with E-state index in [-0.39, 0.29) is 5.60 Å². The monoisotopic (exact) mass is 267 g/mol. The number of nitrogen functional groups attached to an aromatic ring is 1. The van der Waals surface area contributed by atoms with Gasteiger partial charge >= 0.3 is 0 Å². The Balaban J connectivity index is 2.68. The molecular formula is C14H25N3O2. The average Bonchev–Trinajstić information content (AvgIpc) is 2.29. The van der Waals surface area contributed by atoms with E-state index in [1.165, 1.54) is 0 Å². The molecule has 0 saturated carbocycles. The van der Waals surface area contributed by atoms with Crippen molar-refractivity contribution in [1.82, 2.24) is 4.98 Å². The number of methoxy groups -OCH3 is 1.